The van der Waals surface area contributed by atoms with Gasteiger partial charge in [-0.05, 0) is 17.7 Å². The number of nitrogens with zero attached hydrogens (tertiary/aromatic N) is 3. The molecule has 9 nitrogen and oxygen atoms in total. The van der Waals surface area contributed by atoms with Crippen molar-refractivity contribution < 1.29 is 19.2 Å². The average molecular weight is 467 g/mol. The summed E-state index contributed by atoms with van der Waals surface area (Å²) in [7, 11) is 0. The second kappa shape index (κ2) is 9.42. The van der Waals surface area contributed by atoms with Crippen LogP contribution >= 0.6 is 35.6 Å². The summed E-state index contributed by atoms with van der Waals surface area (Å²) < 4.78 is 5.27. The van der Waals surface area contributed by atoms with Crippen LogP contribution in [0.25, 0.3) is 0 Å². The van der Waals surface area contributed by atoms with E-state index < -0.39 is 16.9 Å². The Labute approximate surface area is 186 Å². The van der Waals surface area contributed by atoms with Crippen LogP contribution in [0.15, 0.2) is 35.0 Å². The van der Waals surface area contributed by atoms with E-state index in [0.717, 1.165) is 0 Å². The van der Waals surface area contributed by atoms with Gasteiger partial charge in [-0.2, -0.15) is 5.26 Å². The number of benzene rings is 1. The van der Waals surface area contributed by atoms with E-state index in [9.17, 15) is 19.7 Å². The van der Waals surface area contributed by atoms with Crippen molar-refractivity contribution in [1.29, 1.82) is 5.26 Å². The fourth-order valence-corrected chi connectivity index (χ4v) is 4.69. The van der Waals surface area contributed by atoms with Crippen LogP contribution in [0.4, 0.5) is 5.69 Å². The Morgan fingerprint density at radius 3 is 2.80 bits per heavy atom. The fourth-order valence-electron chi connectivity index (χ4n) is 2.92. The van der Waals surface area contributed by atoms with Gasteiger partial charge in [0, 0.05) is 30.7 Å². The first kappa shape index (κ1) is 22.0. The number of nitro benzene ring substituents is 1. The van der Waals surface area contributed by atoms with Crippen molar-refractivity contribution in [1.82, 2.24) is 10.2 Å². The lowest BCUT2D eigenvalue weighted by molar-refractivity contribution is -0.384. The summed E-state index contributed by atoms with van der Waals surface area (Å²) in [6, 6.07) is 6.99. The molecule has 2 atom stereocenters. The van der Waals surface area contributed by atoms with Gasteiger partial charge < -0.3 is 10.1 Å². The van der Waals surface area contributed by atoms with E-state index in [4.69, 9.17) is 33.8 Å². The van der Waals surface area contributed by atoms with Crippen LogP contribution in [0.2, 0.25) is 0 Å². The fraction of sp³-hybridized carbons (Fsp3) is 0.333. The largest absolute Gasteiger partial charge is 0.456 e. The maximum atomic E-state index is 12.6. The molecule has 0 spiro atoms. The first-order valence-electron chi connectivity index (χ1n) is 8.73. The molecule has 156 valence electrons. The standard InChI is InChI=1S/C18H15ClN4O5S2/c19-12-9-30-17-14(21-13(29)2-1-7-20)16(24)22(17)15(12)18(25)28-8-10-3-5-11(6-4-10)23(26)27/h3-6,14,17H,1-2,8-9H2,(H,21,29)/t14?,17-/m1/s1. The molecule has 1 unspecified atom stereocenters. The smallest absolute Gasteiger partial charge is 0.356 e. The highest BCUT2D eigenvalue weighted by molar-refractivity contribution is 8.00. The van der Waals surface area contributed by atoms with Crippen molar-refractivity contribution in [3.63, 3.8) is 0 Å². The van der Waals surface area contributed by atoms with Crippen LogP contribution < -0.4 is 5.32 Å². The summed E-state index contributed by atoms with van der Waals surface area (Å²) in [6.45, 7) is -0.121. The Morgan fingerprint density at radius 1 is 1.47 bits per heavy atom. The molecule has 2 heterocycles. The number of hydrogen-bond donors (Lipinski definition) is 1. The minimum Gasteiger partial charge on any atom is -0.456 e. The van der Waals surface area contributed by atoms with Crippen LogP contribution in [0.1, 0.15) is 18.4 Å². The number of thiocarbonyl (C=S) groups is 1. The van der Waals surface area contributed by atoms with E-state index >= 15 is 0 Å². The maximum Gasteiger partial charge on any atom is 0.356 e. The van der Waals surface area contributed by atoms with Crippen LogP contribution in [0, 0.1) is 21.4 Å². The molecule has 0 aliphatic carbocycles. The van der Waals surface area contributed by atoms with E-state index in [0.29, 0.717) is 22.7 Å². The predicted octanol–water partition coefficient (Wildman–Crippen LogP) is 2.59. The molecule has 0 saturated carbocycles. The molecule has 30 heavy (non-hydrogen) atoms. The number of amides is 1. The van der Waals surface area contributed by atoms with Crippen molar-refractivity contribution in [3.05, 3.63) is 50.7 Å². The third-order valence-electron chi connectivity index (χ3n) is 4.41. The molecule has 2 aliphatic heterocycles. The van der Waals surface area contributed by atoms with E-state index in [2.05, 4.69) is 5.32 Å². The highest BCUT2D eigenvalue weighted by atomic mass is 35.5. The molecule has 0 radical (unpaired) electrons. The number of halogens is 1. The summed E-state index contributed by atoms with van der Waals surface area (Å²) in [5.74, 6) is -0.768. The number of carbonyl (C=O) groups is 2. The third kappa shape index (κ3) is 4.56. The predicted molar refractivity (Wildman–Crippen MR) is 113 cm³/mol. The Morgan fingerprint density at radius 2 is 2.17 bits per heavy atom. The Bertz CT molecular complexity index is 976. The van der Waals surface area contributed by atoms with Gasteiger partial charge in [-0.25, -0.2) is 4.79 Å². The first-order valence-corrected chi connectivity index (χ1v) is 10.6. The number of nitriles is 1. The highest BCUT2D eigenvalue weighted by Gasteiger charge is 2.54. The van der Waals surface area contributed by atoms with Crippen molar-refractivity contribution in [2.45, 2.75) is 30.9 Å². The molecule has 1 aromatic rings. The second-order valence-electron chi connectivity index (χ2n) is 6.37. The minimum absolute atomic E-state index is 0.00618. The monoisotopic (exact) mass is 466 g/mol. The Hall–Kier alpha value is -2.68. The zero-order valence-electron chi connectivity index (χ0n) is 15.4. The van der Waals surface area contributed by atoms with Gasteiger partial charge in [0.25, 0.3) is 11.6 Å². The summed E-state index contributed by atoms with van der Waals surface area (Å²) in [4.78, 5) is 37.1. The summed E-state index contributed by atoms with van der Waals surface area (Å²) >= 11 is 12.8. The molecule has 0 bridgehead atoms. The SMILES string of the molecule is N#CCCC(=S)NC1C(=O)N2C(C(=O)OCc3ccc([N+](=O)[O-])cc3)=C(Cl)CS[C@H]12. The molecule has 1 fully saturated rings. The van der Waals surface area contributed by atoms with E-state index in [1.807, 2.05) is 6.07 Å². The van der Waals surface area contributed by atoms with Crippen molar-refractivity contribution in [2.75, 3.05) is 5.75 Å². The van der Waals surface area contributed by atoms with Crippen molar-refractivity contribution in [2.24, 2.45) is 0 Å². The van der Waals surface area contributed by atoms with Crippen LogP contribution in [-0.2, 0) is 20.9 Å². The Balaban J connectivity index is 1.63. The number of carbonyl (C=O) groups excluding carboxylic acids is 2. The topological polar surface area (TPSA) is 126 Å². The lowest BCUT2D eigenvalue weighted by atomic mass is 10.0. The molecule has 1 amide bonds. The summed E-state index contributed by atoms with van der Waals surface area (Å²) in [6.07, 6.45) is 0.605. The number of non-ortho nitro benzene ring substituents is 1. The van der Waals surface area contributed by atoms with Gasteiger partial charge in [0.05, 0.1) is 21.0 Å². The number of β-lactam (4-membered cyclic amide) rings is 1. The first-order chi connectivity index (χ1) is 14.3. The average Bonchev–Trinajstić information content (AvgIpc) is 2.74. The number of ether oxygens (including phenoxy) is 1. The van der Waals surface area contributed by atoms with E-state index in [1.165, 1.54) is 40.9 Å². The zero-order chi connectivity index (χ0) is 21.8. The molecule has 1 N–H and O–H groups in total. The van der Waals surface area contributed by atoms with E-state index in [-0.39, 0.29) is 40.7 Å². The van der Waals surface area contributed by atoms with Crippen LogP contribution in [0.3, 0.4) is 0 Å². The van der Waals surface area contributed by atoms with Gasteiger partial charge in [-0.1, -0.05) is 23.8 Å². The number of thioether (sulfide) groups is 1. The molecule has 1 aromatic carbocycles. The van der Waals surface area contributed by atoms with E-state index in [1.54, 1.807) is 0 Å². The van der Waals surface area contributed by atoms with Gasteiger partial charge in [0.15, 0.2) is 0 Å². The maximum absolute atomic E-state index is 12.6. The highest BCUT2D eigenvalue weighted by Crippen LogP contribution is 2.41. The van der Waals surface area contributed by atoms with Gasteiger partial charge in [0.2, 0.25) is 0 Å². The van der Waals surface area contributed by atoms with Crippen molar-refractivity contribution in [3.8, 4) is 6.07 Å². The summed E-state index contributed by atoms with van der Waals surface area (Å²) in [5, 5.41) is 22.1. The number of fused-ring (bicyclic) bond motifs is 1. The minimum atomic E-state index is -0.748. The van der Waals surface area contributed by atoms with Gasteiger partial charge in [-0.3, -0.25) is 19.8 Å². The quantitative estimate of drug-likeness (QED) is 0.212. The number of rotatable bonds is 7. The normalized spacial score (nSPS) is 20.0. The van der Waals surface area contributed by atoms with Gasteiger partial charge >= 0.3 is 5.97 Å². The third-order valence-corrected chi connectivity index (χ3v) is 6.49. The molecule has 0 aromatic heterocycles. The molecule has 3 rings (SSSR count). The van der Waals surface area contributed by atoms with Gasteiger partial charge in [-0.15, -0.1) is 11.8 Å². The van der Waals surface area contributed by atoms with Gasteiger partial charge in [0.1, 0.15) is 23.7 Å². The Kier molecular flexibility index (Phi) is 6.91. The molecule has 1 saturated heterocycles. The van der Waals surface area contributed by atoms with Crippen LogP contribution in [-0.4, -0.2) is 43.9 Å². The second-order valence-corrected chi connectivity index (χ2v) is 8.42. The zero-order valence-corrected chi connectivity index (χ0v) is 17.8. The molecule has 2 aliphatic rings. The number of hydrogen-bond acceptors (Lipinski definition) is 8. The number of nitro groups is 1. The summed E-state index contributed by atoms with van der Waals surface area (Å²) in [5.41, 5.74) is 0.485. The molecule has 12 heteroatoms. The van der Waals surface area contributed by atoms with Crippen LogP contribution in [0.5, 0.6) is 0 Å². The van der Waals surface area contributed by atoms with Crippen molar-refractivity contribution >= 4 is 58.1 Å². The molecular weight excluding hydrogens is 452 g/mol. The number of nitrogens with one attached hydrogen (secondary N) is 1. The lowest BCUT2D eigenvalue weighted by Gasteiger charge is -2.49. The lowest BCUT2D eigenvalue weighted by Crippen LogP contribution is -2.70. The molecular formula is C18H15ClN4O5S2. The number of esters is 1.